The predicted molar refractivity (Wildman–Crippen MR) is 60.2 cm³/mol. The monoisotopic (exact) mass is 223 g/mol. The Morgan fingerprint density at radius 1 is 1.60 bits per heavy atom. The van der Waals surface area contributed by atoms with Gasteiger partial charge in [0.25, 0.3) is 6.04 Å². The van der Waals surface area contributed by atoms with E-state index in [4.69, 9.17) is 11.3 Å². The largest absolute Gasteiger partial charge is 0.378 e. The van der Waals surface area contributed by atoms with Crippen molar-refractivity contribution in [2.45, 2.75) is 13.0 Å². The summed E-state index contributed by atoms with van der Waals surface area (Å²) in [5.41, 5.74) is 0. The maximum absolute atomic E-state index is 6.97. The van der Waals surface area contributed by atoms with E-state index in [-0.39, 0.29) is 6.04 Å². The van der Waals surface area contributed by atoms with Gasteiger partial charge in [-0.2, -0.15) is 0 Å². The van der Waals surface area contributed by atoms with Crippen molar-refractivity contribution in [3.8, 4) is 0 Å². The van der Waals surface area contributed by atoms with Crippen molar-refractivity contribution in [2.24, 2.45) is 0 Å². The second kappa shape index (κ2) is 4.60. The molecule has 0 aromatic carbocycles. The zero-order valence-corrected chi connectivity index (χ0v) is 9.46. The van der Waals surface area contributed by atoms with Crippen molar-refractivity contribution >= 4 is 16.5 Å². The molecular weight excluding hydrogens is 210 g/mol. The fourth-order valence-electron chi connectivity index (χ4n) is 1.43. The SMILES string of the molecule is [C-]#[N+]C(C)c1cnc(N2CCOCC2)s1. The molecule has 1 aromatic rings. The minimum absolute atomic E-state index is 0.0720. The van der Waals surface area contributed by atoms with E-state index in [1.165, 1.54) is 0 Å². The van der Waals surface area contributed by atoms with Crippen molar-refractivity contribution in [2.75, 3.05) is 31.2 Å². The summed E-state index contributed by atoms with van der Waals surface area (Å²) >= 11 is 1.62. The summed E-state index contributed by atoms with van der Waals surface area (Å²) in [5.74, 6) is 0. The summed E-state index contributed by atoms with van der Waals surface area (Å²) in [6.45, 7) is 12.2. The molecule has 4 nitrogen and oxygen atoms in total. The van der Waals surface area contributed by atoms with Gasteiger partial charge < -0.3 is 14.5 Å². The molecule has 1 atom stereocenters. The van der Waals surface area contributed by atoms with E-state index in [1.54, 1.807) is 11.3 Å². The average molecular weight is 223 g/mol. The molecule has 2 rings (SSSR count). The number of hydrogen-bond donors (Lipinski definition) is 0. The van der Waals surface area contributed by atoms with Gasteiger partial charge in [-0.25, -0.2) is 11.6 Å². The molecule has 1 aliphatic heterocycles. The van der Waals surface area contributed by atoms with E-state index in [0.29, 0.717) is 0 Å². The van der Waals surface area contributed by atoms with Crippen LogP contribution in [0.25, 0.3) is 4.85 Å². The lowest BCUT2D eigenvalue weighted by atomic mass is 10.3. The first-order valence-corrected chi connectivity index (χ1v) is 5.78. The Bertz CT molecular complexity index is 365. The van der Waals surface area contributed by atoms with Gasteiger partial charge in [0.05, 0.1) is 19.4 Å². The maximum atomic E-state index is 6.97. The van der Waals surface area contributed by atoms with E-state index < -0.39 is 0 Å². The average Bonchev–Trinajstić information content (AvgIpc) is 2.78. The Labute approximate surface area is 93.3 Å². The van der Waals surface area contributed by atoms with Crippen LogP contribution in [0.4, 0.5) is 5.13 Å². The van der Waals surface area contributed by atoms with Gasteiger partial charge in [-0.3, -0.25) is 0 Å². The summed E-state index contributed by atoms with van der Waals surface area (Å²) in [7, 11) is 0. The van der Waals surface area contributed by atoms with Crippen LogP contribution < -0.4 is 4.90 Å². The Balaban J connectivity index is 2.09. The maximum Gasteiger partial charge on any atom is 0.256 e. The zero-order valence-electron chi connectivity index (χ0n) is 8.64. The number of nitrogens with zero attached hydrogens (tertiary/aromatic N) is 3. The number of morpholine rings is 1. The van der Waals surface area contributed by atoms with E-state index in [2.05, 4.69) is 14.7 Å². The van der Waals surface area contributed by atoms with Gasteiger partial charge in [0.1, 0.15) is 4.88 Å². The van der Waals surface area contributed by atoms with E-state index in [0.717, 1.165) is 36.3 Å². The van der Waals surface area contributed by atoms with Gasteiger partial charge in [0.15, 0.2) is 5.13 Å². The molecule has 1 unspecified atom stereocenters. The molecular formula is C10H13N3OS. The number of thiazole rings is 1. The molecule has 0 radical (unpaired) electrons. The highest BCUT2D eigenvalue weighted by Crippen LogP contribution is 2.29. The van der Waals surface area contributed by atoms with Crippen LogP contribution in [0, 0.1) is 6.57 Å². The predicted octanol–water partition coefficient (Wildman–Crippen LogP) is 1.96. The molecule has 5 heteroatoms. The van der Waals surface area contributed by atoms with Crippen molar-refractivity contribution in [1.29, 1.82) is 0 Å². The summed E-state index contributed by atoms with van der Waals surface area (Å²) in [6, 6.07) is -0.0720. The minimum Gasteiger partial charge on any atom is -0.378 e. The third-order valence-electron chi connectivity index (χ3n) is 2.40. The van der Waals surface area contributed by atoms with Crippen LogP contribution in [0.3, 0.4) is 0 Å². The molecule has 0 N–H and O–H groups in total. The molecule has 0 bridgehead atoms. The second-order valence-electron chi connectivity index (χ2n) is 3.45. The highest BCUT2D eigenvalue weighted by Gasteiger charge is 2.18. The summed E-state index contributed by atoms with van der Waals surface area (Å²) in [4.78, 5) is 11.1. The molecule has 15 heavy (non-hydrogen) atoms. The molecule has 1 fully saturated rings. The quantitative estimate of drug-likeness (QED) is 0.718. The van der Waals surface area contributed by atoms with Crippen LogP contribution in [0.5, 0.6) is 0 Å². The normalized spacial score (nSPS) is 18.5. The van der Waals surface area contributed by atoms with Crippen LogP contribution in [-0.2, 0) is 4.74 Å². The number of ether oxygens (including phenoxy) is 1. The highest BCUT2D eigenvalue weighted by atomic mass is 32.1. The second-order valence-corrected chi connectivity index (χ2v) is 4.49. The van der Waals surface area contributed by atoms with Gasteiger partial charge in [0, 0.05) is 20.0 Å². The van der Waals surface area contributed by atoms with E-state index in [1.807, 2.05) is 13.1 Å². The Morgan fingerprint density at radius 3 is 3.00 bits per heavy atom. The number of hydrogen-bond acceptors (Lipinski definition) is 4. The summed E-state index contributed by atoms with van der Waals surface area (Å²) < 4.78 is 5.28. The van der Waals surface area contributed by atoms with Crippen molar-refractivity contribution < 1.29 is 4.74 Å². The first kappa shape index (κ1) is 10.4. The lowest BCUT2D eigenvalue weighted by Gasteiger charge is -2.25. The van der Waals surface area contributed by atoms with Crippen LogP contribution in [0.15, 0.2) is 6.20 Å². The van der Waals surface area contributed by atoms with E-state index >= 15 is 0 Å². The topological polar surface area (TPSA) is 29.7 Å². The number of aromatic nitrogens is 1. The Kier molecular flexibility index (Phi) is 3.19. The third kappa shape index (κ3) is 2.28. The van der Waals surface area contributed by atoms with E-state index in [9.17, 15) is 0 Å². The Hall–Kier alpha value is -1.12. The van der Waals surface area contributed by atoms with Crippen LogP contribution >= 0.6 is 11.3 Å². The van der Waals surface area contributed by atoms with Crippen molar-refractivity contribution in [1.82, 2.24) is 4.98 Å². The smallest absolute Gasteiger partial charge is 0.256 e. The standard InChI is InChI=1S/C10H13N3OS/c1-8(11-2)9-7-12-10(15-9)13-3-5-14-6-4-13/h7-8H,3-6H2,1H3. The summed E-state index contributed by atoms with van der Waals surface area (Å²) in [5, 5.41) is 1.02. The molecule has 0 aliphatic carbocycles. The summed E-state index contributed by atoms with van der Waals surface area (Å²) in [6.07, 6.45) is 1.82. The fraction of sp³-hybridized carbons (Fsp3) is 0.600. The first-order chi connectivity index (χ1) is 7.31. The van der Waals surface area contributed by atoms with Gasteiger partial charge >= 0.3 is 0 Å². The molecule has 1 saturated heterocycles. The van der Waals surface area contributed by atoms with Gasteiger partial charge in [0.2, 0.25) is 0 Å². The van der Waals surface area contributed by atoms with Crippen LogP contribution in [-0.4, -0.2) is 31.3 Å². The van der Waals surface area contributed by atoms with Crippen molar-refractivity contribution in [3.05, 3.63) is 22.5 Å². The number of anilines is 1. The fourth-order valence-corrected chi connectivity index (χ4v) is 2.39. The van der Waals surface area contributed by atoms with Gasteiger partial charge in [-0.15, -0.1) is 0 Å². The zero-order chi connectivity index (χ0) is 10.7. The molecule has 1 aromatic heterocycles. The Morgan fingerprint density at radius 2 is 2.33 bits per heavy atom. The van der Waals surface area contributed by atoms with Crippen LogP contribution in [0.2, 0.25) is 0 Å². The highest BCUT2D eigenvalue weighted by molar-refractivity contribution is 7.15. The molecule has 0 saturated carbocycles. The molecule has 0 spiro atoms. The third-order valence-corrected chi connectivity index (χ3v) is 3.63. The minimum atomic E-state index is -0.0720. The molecule has 0 amide bonds. The van der Waals surface area contributed by atoms with Gasteiger partial charge in [-0.05, 0) is 0 Å². The lowest BCUT2D eigenvalue weighted by Crippen LogP contribution is -2.36. The van der Waals surface area contributed by atoms with Gasteiger partial charge in [-0.1, -0.05) is 11.3 Å². The lowest BCUT2D eigenvalue weighted by molar-refractivity contribution is 0.122. The first-order valence-electron chi connectivity index (χ1n) is 4.96. The van der Waals surface area contributed by atoms with Crippen LogP contribution in [0.1, 0.15) is 17.8 Å². The van der Waals surface area contributed by atoms with Crippen molar-refractivity contribution in [3.63, 3.8) is 0 Å². The molecule has 1 aliphatic rings. The molecule has 80 valence electrons. The molecule has 2 heterocycles. The number of rotatable bonds is 2.